The monoisotopic (exact) mass is 439 g/mol. The van der Waals surface area contributed by atoms with Crippen molar-refractivity contribution in [3.63, 3.8) is 0 Å². The second-order valence-corrected chi connectivity index (χ2v) is 8.08. The molecule has 0 aromatic heterocycles. The van der Waals surface area contributed by atoms with Crippen LogP contribution in [0, 0.1) is 5.82 Å². The molecule has 168 valence electrons. The molecule has 2 fully saturated rings. The topological polar surface area (TPSA) is 70.2 Å². The summed E-state index contributed by atoms with van der Waals surface area (Å²) in [7, 11) is 1.54. The zero-order chi connectivity index (χ0) is 22.7. The minimum absolute atomic E-state index is 0.0792. The number of hydrogen-bond acceptors (Lipinski definition) is 4. The van der Waals surface area contributed by atoms with Crippen molar-refractivity contribution < 1.29 is 23.5 Å². The van der Waals surface area contributed by atoms with E-state index >= 15 is 0 Å². The van der Waals surface area contributed by atoms with Crippen LogP contribution in [0.2, 0.25) is 0 Å². The van der Waals surface area contributed by atoms with Gasteiger partial charge in [-0.1, -0.05) is 24.3 Å². The number of para-hydroxylation sites is 1. The van der Waals surface area contributed by atoms with Gasteiger partial charge in [-0.3, -0.25) is 14.4 Å². The molecule has 3 amide bonds. The van der Waals surface area contributed by atoms with Gasteiger partial charge in [0.05, 0.1) is 12.7 Å². The zero-order valence-corrected chi connectivity index (χ0v) is 18.0. The van der Waals surface area contributed by atoms with Crippen molar-refractivity contribution in [3.8, 4) is 5.75 Å². The highest BCUT2D eigenvalue weighted by atomic mass is 19.1. The quantitative estimate of drug-likeness (QED) is 0.671. The lowest BCUT2D eigenvalue weighted by Gasteiger charge is -2.42. The summed E-state index contributed by atoms with van der Waals surface area (Å²) < 4.78 is 18.7. The number of amides is 3. The Kier molecular flexibility index (Phi) is 6.39. The van der Waals surface area contributed by atoms with Crippen molar-refractivity contribution in [2.45, 2.75) is 25.4 Å². The fraction of sp³-hybridized carbons (Fsp3) is 0.375. The van der Waals surface area contributed by atoms with Crippen LogP contribution < -0.4 is 4.74 Å². The van der Waals surface area contributed by atoms with Crippen LogP contribution in [0.25, 0.3) is 0 Å². The summed E-state index contributed by atoms with van der Waals surface area (Å²) in [4.78, 5) is 43.2. The molecular weight excluding hydrogens is 413 g/mol. The fourth-order valence-electron chi connectivity index (χ4n) is 4.42. The molecule has 0 aliphatic carbocycles. The predicted octanol–water partition coefficient (Wildman–Crippen LogP) is 2.31. The molecule has 2 heterocycles. The number of nitrogens with zero attached hydrogens (tertiary/aromatic N) is 3. The summed E-state index contributed by atoms with van der Waals surface area (Å²) in [6.45, 7) is 2.06. The maximum Gasteiger partial charge on any atom is 0.312 e. The van der Waals surface area contributed by atoms with E-state index in [1.54, 1.807) is 40.1 Å². The van der Waals surface area contributed by atoms with Crippen LogP contribution in [0.5, 0.6) is 5.75 Å². The molecule has 2 aliphatic heterocycles. The molecule has 32 heavy (non-hydrogen) atoms. The lowest BCUT2D eigenvalue weighted by Crippen LogP contribution is -2.59. The van der Waals surface area contributed by atoms with Gasteiger partial charge in [0.25, 0.3) is 5.91 Å². The molecule has 2 saturated heterocycles. The Morgan fingerprint density at radius 3 is 2.47 bits per heavy atom. The van der Waals surface area contributed by atoms with Crippen molar-refractivity contribution >= 4 is 17.7 Å². The third-order valence-electron chi connectivity index (χ3n) is 6.13. The zero-order valence-electron chi connectivity index (χ0n) is 18.0. The van der Waals surface area contributed by atoms with Gasteiger partial charge in [-0.2, -0.15) is 0 Å². The first kappa shape index (κ1) is 21.8. The van der Waals surface area contributed by atoms with Gasteiger partial charge < -0.3 is 19.4 Å². The Morgan fingerprint density at radius 2 is 1.75 bits per heavy atom. The number of hydrogen-bond donors (Lipinski definition) is 0. The average molecular weight is 439 g/mol. The largest absolute Gasteiger partial charge is 0.496 e. The Labute approximate surface area is 186 Å². The molecule has 0 bridgehead atoms. The van der Waals surface area contributed by atoms with Crippen LogP contribution in [0.3, 0.4) is 0 Å². The molecule has 0 spiro atoms. The number of carbonyl (C=O) groups is 3. The van der Waals surface area contributed by atoms with E-state index in [1.165, 1.54) is 24.1 Å². The van der Waals surface area contributed by atoms with E-state index in [1.807, 2.05) is 6.07 Å². The highest BCUT2D eigenvalue weighted by Crippen LogP contribution is 2.24. The maximum atomic E-state index is 13.4. The summed E-state index contributed by atoms with van der Waals surface area (Å²) >= 11 is 0. The molecule has 4 rings (SSSR count). The maximum absolute atomic E-state index is 13.4. The number of ether oxygens (including phenoxy) is 1. The first-order valence-corrected chi connectivity index (χ1v) is 10.7. The van der Waals surface area contributed by atoms with Gasteiger partial charge in [-0.05, 0) is 42.7 Å². The second kappa shape index (κ2) is 9.38. The third-order valence-corrected chi connectivity index (χ3v) is 6.13. The van der Waals surface area contributed by atoms with Gasteiger partial charge in [-0.15, -0.1) is 0 Å². The minimum atomic E-state index is -0.562. The van der Waals surface area contributed by atoms with E-state index < -0.39 is 11.8 Å². The summed E-state index contributed by atoms with van der Waals surface area (Å²) in [5.74, 6) is -1.01. The van der Waals surface area contributed by atoms with Crippen molar-refractivity contribution in [2.75, 3.05) is 33.3 Å². The highest BCUT2D eigenvalue weighted by molar-refractivity contribution is 6.35. The Hall–Kier alpha value is -3.42. The molecule has 0 saturated carbocycles. The van der Waals surface area contributed by atoms with E-state index in [0.29, 0.717) is 55.9 Å². The first-order chi connectivity index (χ1) is 15.5. The van der Waals surface area contributed by atoms with Crippen LogP contribution in [-0.2, 0) is 16.1 Å². The van der Waals surface area contributed by atoms with Crippen molar-refractivity contribution in [1.29, 1.82) is 0 Å². The van der Waals surface area contributed by atoms with Crippen molar-refractivity contribution in [3.05, 3.63) is 65.5 Å². The van der Waals surface area contributed by atoms with Crippen LogP contribution in [0.4, 0.5) is 4.39 Å². The predicted molar refractivity (Wildman–Crippen MR) is 115 cm³/mol. The van der Waals surface area contributed by atoms with Crippen LogP contribution in [0.1, 0.15) is 28.8 Å². The van der Waals surface area contributed by atoms with Crippen molar-refractivity contribution in [1.82, 2.24) is 14.7 Å². The van der Waals surface area contributed by atoms with Crippen LogP contribution in [0.15, 0.2) is 48.5 Å². The Bertz CT molecular complexity index is 1020. The number of carbonyl (C=O) groups excluding carboxylic acids is 3. The standard InChI is InChI=1S/C24H26FN3O4/c1-32-21-8-3-2-7-20(21)22(29)26-11-9-19(10-12-26)28-14-13-27(23(30)24(28)31)16-17-5-4-6-18(25)15-17/h2-8,15,19H,9-14,16H2,1H3. The minimum Gasteiger partial charge on any atom is -0.496 e. The first-order valence-electron chi connectivity index (χ1n) is 10.7. The molecule has 8 heteroatoms. The van der Waals surface area contributed by atoms with Gasteiger partial charge in [-0.25, -0.2) is 4.39 Å². The van der Waals surface area contributed by atoms with E-state index in [0.717, 1.165) is 0 Å². The number of methoxy groups -OCH3 is 1. The number of likely N-dealkylation sites (tertiary alicyclic amines) is 1. The Morgan fingerprint density at radius 1 is 1.00 bits per heavy atom. The number of halogens is 1. The number of rotatable bonds is 5. The van der Waals surface area contributed by atoms with Gasteiger partial charge in [0.15, 0.2) is 0 Å². The summed E-state index contributed by atoms with van der Waals surface area (Å²) in [5, 5.41) is 0. The summed E-state index contributed by atoms with van der Waals surface area (Å²) in [5.41, 5.74) is 1.17. The van der Waals surface area contributed by atoms with E-state index in [-0.39, 0.29) is 24.3 Å². The molecular formula is C24H26FN3O4. The van der Waals surface area contributed by atoms with Gasteiger partial charge in [0, 0.05) is 38.8 Å². The number of piperazine rings is 1. The second-order valence-electron chi connectivity index (χ2n) is 8.08. The number of benzene rings is 2. The van der Waals surface area contributed by atoms with Gasteiger partial charge in [0.2, 0.25) is 0 Å². The molecule has 0 atom stereocenters. The fourth-order valence-corrected chi connectivity index (χ4v) is 4.42. The Balaban J connectivity index is 1.34. The lowest BCUT2D eigenvalue weighted by molar-refractivity contribution is -0.158. The van der Waals surface area contributed by atoms with Crippen molar-refractivity contribution in [2.24, 2.45) is 0 Å². The molecule has 2 aromatic rings. The van der Waals surface area contributed by atoms with E-state index in [9.17, 15) is 18.8 Å². The molecule has 2 aliphatic rings. The molecule has 0 unspecified atom stereocenters. The SMILES string of the molecule is COc1ccccc1C(=O)N1CCC(N2CCN(Cc3cccc(F)c3)C(=O)C2=O)CC1. The normalized spacial score (nSPS) is 17.6. The smallest absolute Gasteiger partial charge is 0.312 e. The van der Waals surface area contributed by atoms with Gasteiger partial charge in [0.1, 0.15) is 11.6 Å². The van der Waals surface area contributed by atoms with Crippen LogP contribution >= 0.6 is 0 Å². The molecule has 0 radical (unpaired) electrons. The van der Waals surface area contributed by atoms with Crippen LogP contribution in [-0.4, -0.2) is 71.8 Å². The highest BCUT2D eigenvalue weighted by Gasteiger charge is 2.38. The average Bonchev–Trinajstić information content (AvgIpc) is 2.82. The van der Waals surface area contributed by atoms with E-state index in [4.69, 9.17) is 4.74 Å². The van der Waals surface area contributed by atoms with E-state index in [2.05, 4.69) is 0 Å². The molecule has 7 nitrogen and oxygen atoms in total. The summed E-state index contributed by atoms with van der Waals surface area (Å²) in [6.07, 6.45) is 1.23. The lowest BCUT2D eigenvalue weighted by atomic mass is 10.0. The van der Waals surface area contributed by atoms with Gasteiger partial charge >= 0.3 is 11.8 Å². The molecule has 0 N–H and O–H groups in total. The number of piperidine rings is 1. The third kappa shape index (κ3) is 4.44. The molecule has 2 aromatic carbocycles. The summed E-state index contributed by atoms with van der Waals surface area (Å²) in [6, 6.07) is 13.1.